The van der Waals surface area contributed by atoms with E-state index in [0.29, 0.717) is 16.4 Å². The standard InChI is InChI=1S/C24H24F3N3O5S/c1-12-8-9-15(35-12)17(16-7-4-10-36-16)29-19-18(21(32)22(19)33)28-14-6-3-5-13(20(14)31)23(34)30(2)11-24(25,26)27/h3,5-6,8-9,16-17,28-29,31H,4,7,10-11H2,1-2H3/t16-,17+/m1/s1. The van der Waals surface area contributed by atoms with Crippen LogP contribution in [0, 0.1) is 6.92 Å². The molecule has 1 aliphatic rings. The van der Waals surface area contributed by atoms with E-state index in [1.165, 1.54) is 18.2 Å². The molecule has 0 unspecified atom stereocenters. The van der Waals surface area contributed by atoms with Crippen LogP contribution in [0.15, 0.2) is 44.3 Å². The third-order valence-electron chi connectivity index (χ3n) is 5.90. The molecule has 192 valence electrons. The summed E-state index contributed by atoms with van der Waals surface area (Å²) in [6.07, 6.45) is -2.72. The third-order valence-corrected chi connectivity index (χ3v) is 7.36. The van der Waals surface area contributed by atoms with Gasteiger partial charge in [-0.1, -0.05) is 6.07 Å². The molecule has 0 bridgehead atoms. The number of hydrogen-bond donors (Lipinski definition) is 3. The second-order valence-electron chi connectivity index (χ2n) is 8.63. The van der Waals surface area contributed by atoms with E-state index in [4.69, 9.17) is 4.42 Å². The second-order valence-corrected chi connectivity index (χ2v) is 9.98. The number of hydrogen-bond acceptors (Lipinski definition) is 8. The van der Waals surface area contributed by atoms with Gasteiger partial charge >= 0.3 is 6.18 Å². The number of anilines is 3. The van der Waals surface area contributed by atoms with Gasteiger partial charge in [-0.15, -0.1) is 0 Å². The highest BCUT2D eigenvalue weighted by molar-refractivity contribution is 8.00. The summed E-state index contributed by atoms with van der Waals surface area (Å²) in [5, 5.41) is 16.5. The maximum atomic E-state index is 12.7. The van der Waals surface area contributed by atoms with E-state index in [9.17, 15) is 32.7 Å². The van der Waals surface area contributed by atoms with Crippen LogP contribution in [0.1, 0.15) is 40.8 Å². The van der Waals surface area contributed by atoms with E-state index in [2.05, 4.69) is 10.6 Å². The number of thioether (sulfide) groups is 1. The topological polar surface area (TPSA) is 112 Å². The van der Waals surface area contributed by atoms with E-state index < -0.39 is 35.2 Å². The first kappa shape index (κ1) is 25.7. The van der Waals surface area contributed by atoms with Crippen molar-refractivity contribution in [2.75, 3.05) is 30.0 Å². The van der Waals surface area contributed by atoms with Crippen molar-refractivity contribution in [3.63, 3.8) is 0 Å². The summed E-state index contributed by atoms with van der Waals surface area (Å²) in [7, 11) is 0.964. The number of aromatic hydroxyl groups is 1. The van der Waals surface area contributed by atoms with E-state index in [1.807, 2.05) is 6.07 Å². The fraction of sp³-hybridized carbons (Fsp3) is 0.375. The molecular formula is C24H24F3N3O5S. The summed E-state index contributed by atoms with van der Waals surface area (Å²) >= 11 is 1.73. The van der Waals surface area contributed by atoms with Crippen LogP contribution in [-0.2, 0) is 0 Å². The Hall–Kier alpha value is -3.41. The Labute approximate surface area is 208 Å². The van der Waals surface area contributed by atoms with Gasteiger partial charge in [0.05, 0.1) is 17.3 Å². The molecule has 4 rings (SSSR count). The molecule has 0 aliphatic carbocycles. The van der Waals surface area contributed by atoms with Crippen LogP contribution in [0.4, 0.5) is 30.2 Å². The first-order valence-corrected chi connectivity index (χ1v) is 12.2. The number of alkyl halides is 3. The molecule has 8 nitrogen and oxygen atoms in total. The van der Waals surface area contributed by atoms with E-state index in [-0.39, 0.29) is 33.9 Å². The largest absolute Gasteiger partial charge is 0.505 e. The van der Waals surface area contributed by atoms with Crippen molar-refractivity contribution < 1.29 is 27.5 Å². The summed E-state index contributed by atoms with van der Waals surface area (Å²) in [5.41, 5.74) is -2.15. The van der Waals surface area contributed by atoms with Crippen LogP contribution >= 0.6 is 11.8 Å². The normalized spacial score (nSPS) is 16.8. The molecule has 1 saturated heterocycles. The number of phenols is 1. The number of para-hydroxylation sites is 1. The molecule has 3 N–H and O–H groups in total. The molecule has 0 saturated carbocycles. The SMILES string of the molecule is Cc1ccc([C@H](Nc2c(Nc3cccc(C(=O)N(C)CC(F)(F)F)c3O)c(=O)c2=O)[C@H]2CCCS2)o1. The van der Waals surface area contributed by atoms with E-state index in [1.54, 1.807) is 24.8 Å². The van der Waals surface area contributed by atoms with Gasteiger partial charge in [-0.25, -0.2) is 0 Å². The average Bonchev–Trinajstić information content (AvgIpc) is 3.50. The fourth-order valence-electron chi connectivity index (χ4n) is 4.14. The summed E-state index contributed by atoms with van der Waals surface area (Å²) in [6.45, 7) is 0.303. The van der Waals surface area contributed by atoms with Crippen molar-refractivity contribution in [2.45, 2.75) is 37.2 Å². The van der Waals surface area contributed by atoms with Gasteiger partial charge in [-0.2, -0.15) is 24.9 Å². The first-order chi connectivity index (χ1) is 17.0. The number of phenolic OH excluding ortho intramolecular Hbond substituents is 1. The maximum absolute atomic E-state index is 12.7. The molecule has 36 heavy (non-hydrogen) atoms. The molecule has 3 aromatic rings. The van der Waals surface area contributed by atoms with E-state index >= 15 is 0 Å². The number of rotatable bonds is 8. The molecular weight excluding hydrogens is 499 g/mol. The van der Waals surface area contributed by atoms with Crippen molar-refractivity contribution in [1.29, 1.82) is 0 Å². The molecule has 1 aromatic heterocycles. The molecule has 0 spiro atoms. The highest BCUT2D eigenvalue weighted by Crippen LogP contribution is 2.40. The molecule has 1 aliphatic heterocycles. The summed E-state index contributed by atoms with van der Waals surface area (Å²) in [5.74, 6) is 0.583. The summed E-state index contributed by atoms with van der Waals surface area (Å²) < 4.78 is 43.9. The lowest BCUT2D eigenvalue weighted by atomic mass is 10.0. The van der Waals surface area contributed by atoms with Gasteiger partial charge in [0.25, 0.3) is 16.8 Å². The minimum Gasteiger partial charge on any atom is -0.505 e. The van der Waals surface area contributed by atoms with Crippen molar-refractivity contribution >= 4 is 34.7 Å². The Morgan fingerprint density at radius 1 is 1.22 bits per heavy atom. The van der Waals surface area contributed by atoms with Crippen molar-refractivity contribution in [3.05, 3.63) is 67.9 Å². The Morgan fingerprint density at radius 3 is 2.56 bits per heavy atom. The highest BCUT2D eigenvalue weighted by Gasteiger charge is 2.34. The lowest BCUT2D eigenvalue weighted by Crippen LogP contribution is -2.38. The van der Waals surface area contributed by atoms with Gasteiger partial charge in [-0.3, -0.25) is 14.4 Å². The Morgan fingerprint density at radius 2 is 1.94 bits per heavy atom. The number of nitrogens with one attached hydrogen (secondary N) is 2. The predicted octanol–water partition coefficient (Wildman–Crippen LogP) is 4.32. The number of aryl methyl sites for hydroxylation is 1. The Kier molecular flexibility index (Phi) is 7.07. The summed E-state index contributed by atoms with van der Waals surface area (Å²) in [4.78, 5) is 37.8. The second kappa shape index (κ2) is 9.92. The molecule has 1 amide bonds. The number of nitrogens with zero attached hydrogens (tertiary/aromatic N) is 1. The molecule has 0 radical (unpaired) electrons. The zero-order chi connectivity index (χ0) is 26.2. The zero-order valence-electron chi connectivity index (χ0n) is 19.4. The number of benzene rings is 1. The molecule has 2 aromatic carbocycles. The van der Waals surface area contributed by atoms with Crippen LogP contribution in [-0.4, -0.2) is 46.7 Å². The molecule has 2 atom stereocenters. The number of amides is 1. The van der Waals surface area contributed by atoms with Gasteiger partial charge in [-0.05, 0) is 49.8 Å². The highest BCUT2D eigenvalue weighted by atomic mass is 32.2. The van der Waals surface area contributed by atoms with Crippen LogP contribution in [0.5, 0.6) is 5.75 Å². The quantitative estimate of drug-likeness (QED) is 0.296. The van der Waals surface area contributed by atoms with E-state index in [0.717, 1.165) is 25.6 Å². The van der Waals surface area contributed by atoms with Crippen molar-refractivity contribution in [1.82, 2.24) is 4.90 Å². The van der Waals surface area contributed by atoms with Gasteiger partial charge < -0.3 is 25.1 Å². The Bertz CT molecular complexity index is 1340. The fourth-order valence-corrected chi connectivity index (χ4v) is 5.50. The van der Waals surface area contributed by atoms with Crippen LogP contribution in [0.25, 0.3) is 0 Å². The number of halogens is 3. The zero-order valence-corrected chi connectivity index (χ0v) is 20.3. The van der Waals surface area contributed by atoms with Crippen LogP contribution < -0.4 is 21.5 Å². The van der Waals surface area contributed by atoms with Gasteiger partial charge in [0, 0.05) is 12.3 Å². The maximum Gasteiger partial charge on any atom is 0.406 e. The summed E-state index contributed by atoms with van der Waals surface area (Å²) in [6, 6.07) is 7.09. The van der Waals surface area contributed by atoms with Gasteiger partial charge in [0.1, 0.15) is 29.4 Å². The number of furan rings is 1. The third kappa shape index (κ3) is 5.23. The van der Waals surface area contributed by atoms with Gasteiger partial charge in [0.15, 0.2) is 5.75 Å². The smallest absolute Gasteiger partial charge is 0.406 e. The van der Waals surface area contributed by atoms with Gasteiger partial charge in [0.2, 0.25) is 0 Å². The minimum atomic E-state index is -4.61. The molecule has 12 heteroatoms. The van der Waals surface area contributed by atoms with Crippen LogP contribution in [0.3, 0.4) is 0 Å². The monoisotopic (exact) mass is 523 g/mol. The first-order valence-electron chi connectivity index (χ1n) is 11.1. The molecule has 2 heterocycles. The lowest BCUT2D eigenvalue weighted by molar-refractivity contribution is -0.138. The number of carbonyl (C=O) groups excluding carboxylic acids is 1. The van der Waals surface area contributed by atoms with Crippen molar-refractivity contribution in [2.24, 2.45) is 0 Å². The average molecular weight is 524 g/mol. The Balaban J connectivity index is 1.60. The lowest BCUT2D eigenvalue weighted by Gasteiger charge is -2.25. The number of carbonyl (C=O) groups is 1. The predicted molar refractivity (Wildman–Crippen MR) is 131 cm³/mol. The molecule has 1 fully saturated rings. The van der Waals surface area contributed by atoms with Crippen molar-refractivity contribution in [3.8, 4) is 5.75 Å². The minimum absolute atomic E-state index is 0.0110. The van der Waals surface area contributed by atoms with Crippen LogP contribution in [0.2, 0.25) is 0 Å².